The summed E-state index contributed by atoms with van der Waals surface area (Å²) in [6.07, 6.45) is 2.29. The van der Waals surface area contributed by atoms with E-state index in [0.717, 1.165) is 0 Å². The second-order valence-corrected chi connectivity index (χ2v) is 6.89. The molecule has 0 spiro atoms. The first-order chi connectivity index (χ1) is 13.5. The Morgan fingerprint density at radius 3 is 2.50 bits per heavy atom. The number of aromatic nitrogens is 1. The molecule has 1 aromatic heterocycles. The highest BCUT2D eigenvalue weighted by atomic mass is 16.5. The molecule has 2 heterocycles. The highest BCUT2D eigenvalue weighted by Crippen LogP contribution is 2.38. The van der Waals surface area contributed by atoms with Gasteiger partial charge in [0, 0.05) is 24.9 Å². The molecule has 1 amide bonds. The molecule has 1 atom stereocenters. The molecule has 1 aliphatic heterocycles. The minimum Gasteiger partial charge on any atom is -0.507 e. The molecule has 0 bridgehead atoms. The minimum atomic E-state index is -0.722. The van der Waals surface area contributed by atoms with Crippen molar-refractivity contribution >= 4 is 17.4 Å². The summed E-state index contributed by atoms with van der Waals surface area (Å²) in [5, 5.41) is 10.8. The fourth-order valence-electron chi connectivity index (χ4n) is 3.26. The molecule has 6 heteroatoms. The highest BCUT2D eigenvalue weighted by molar-refractivity contribution is 6.46. The van der Waals surface area contributed by atoms with E-state index in [9.17, 15) is 14.7 Å². The number of hydrogen-bond acceptors (Lipinski definition) is 5. The second-order valence-electron chi connectivity index (χ2n) is 6.89. The number of rotatable bonds is 7. The molecule has 1 aromatic carbocycles. The van der Waals surface area contributed by atoms with Crippen LogP contribution in [0.4, 0.5) is 0 Å². The minimum absolute atomic E-state index is 0.0691. The fourth-order valence-corrected chi connectivity index (χ4v) is 3.26. The predicted octanol–water partition coefficient (Wildman–Crippen LogP) is 3.32. The van der Waals surface area contributed by atoms with Crippen molar-refractivity contribution in [1.29, 1.82) is 0 Å². The third-order valence-corrected chi connectivity index (χ3v) is 4.55. The average Bonchev–Trinajstić information content (AvgIpc) is 2.96. The molecule has 146 valence electrons. The van der Waals surface area contributed by atoms with Crippen LogP contribution in [0.25, 0.3) is 5.76 Å². The first-order valence-electron chi connectivity index (χ1n) is 9.37. The zero-order valence-corrected chi connectivity index (χ0v) is 16.0. The van der Waals surface area contributed by atoms with Gasteiger partial charge in [0.05, 0.1) is 17.4 Å². The van der Waals surface area contributed by atoms with Crippen LogP contribution in [0.1, 0.15) is 37.6 Å². The number of aliphatic hydroxyl groups excluding tert-OH is 1. The number of carbonyl (C=O) groups is 2. The van der Waals surface area contributed by atoms with Gasteiger partial charge in [0.1, 0.15) is 11.8 Å². The summed E-state index contributed by atoms with van der Waals surface area (Å²) in [5.74, 6) is -1.50. The molecular formula is C22H24N2O4. The Morgan fingerprint density at radius 1 is 1.14 bits per heavy atom. The molecule has 1 aliphatic rings. The molecule has 2 aromatic rings. The summed E-state index contributed by atoms with van der Waals surface area (Å²) in [6.45, 7) is 4.71. The van der Waals surface area contributed by atoms with Gasteiger partial charge in [-0.15, -0.1) is 0 Å². The number of ether oxygens (including phenoxy) is 1. The smallest absolute Gasteiger partial charge is 0.295 e. The second kappa shape index (κ2) is 8.80. The van der Waals surface area contributed by atoms with Gasteiger partial charge in [-0.05, 0) is 32.4 Å². The normalized spacial score (nSPS) is 18.8. The summed E-state index contributed by atoms with van der Waals surface area (Å²) in [4.78, 5) is 31.3. The summed E-state index contributed by atoms with van der Waals surface area (Å²) >= 11 is 0. The van der Waals surface area contributed by atoms with E-state index in [0.29, 0.717) is 30.8 Å². The van der Waals surface area contributed by atoms with Crippen LogP contribution in [-0.2, 0) is 14.3 Å². The van der Waals surface area contributed by atoms with E-state index >= 15 is 0 Å². The zero-order valence-electron chi connectivity index (χ0n) is 16.0. The lowest BCUT2D eigenvalue weighted by Crippen LogP contribution is -2.31. The van der Waals surface area contributed by atoms with Crippen LogP contribution in [0.2, 0.25) is 0 Å². The van der Waals surface area contributed by atoms with Crippen LogP contribution in [0.5, 0.6) is 0 Å². The van der Waals surface area contributed by atoms with Crippen LogP contribution in [0, 0.1) is 0 Å². The molecule has 0 radical (unpaired) electrons. The number of pyridine rings is 1. The number of nitrogens with zero attached hydrogens (tertiary/aromatic N) is 2. The number of hydrogen-bond donors (Lipinski definition) is 1. The van der Waals surface area contributed by atoms with Crippen molar-refractivity contribution in [1.82, 2.24) is 9.88 Å². The number of amides is 1. The van der Waals surface area contributed by atoms with Gasteiger partial charge in [-0.25, -0.2) is 0 Å². The standard InChI is InChI=1S/C22H24N2O4/c1-15(2)28-14-8-13-24-19(17-11-6-7-12-23-17)18(21(26)22(24)27)20(25)16-9-4-3-5-10-16/h3-7,9-12,15,19,25H,8,13-14H2,1-2H3/b20-18-. The molecule has 3 rings (SSSR count). The van der Waals surface area contributed by atoms with Gasteiger partial charge in [0.15, 0.2) is 0 Å². The number of benzene rings is 1. The van der Waals surface area contributed by atoms with Gasteiger partial charge in [-0.3, -0.25) is 14.6 Å². The third kappa shape index (κ3) is 4.12. The van der Waals surface area contributed by atoms with Crippen LogP contribution in [-0.4, -0.2) is 45.9 Å². The molecule has 0 saturated carbocycles. The maximum atomic E-state index is 12.8. The fraction of sp³-hybridized carbons (Fsp3) is 0.318. The lowest BCUT2D eigenvalue weighted by Gasteiger charge is -2.24. The predicted molar refractivity (Wildman–Crippen MR) is 105 cm³/mol. The Morgan fingerprint density at radius 2 is 1.86 bits per heavy atom. The Balaban J connectivity index is 1.99. The highest BCUT2D eigenvalue weighted by Gasteiger charge is 2.46. The van der Waals surface area contributed by atoms with Gasteiger partial charge in [0.2, 0.25) is 0 Å². The van der Waals surface area contributed by atoms with E-state index in [4.69, 9.17) is 4.74 Å². The SMILES string of the molecule is CC(C)OCCCN1C(=O)C(=O)/C(=C(\O)c2ccccc2)C1c1ccccn1. The Labute approximate surface area is 164 Å². The quantitative estimate of drug-likeness (QED) is 0.345. The lowest BCUT2D eigenvalue weighted by atomic mass is 9.98. The van der Waals surface area contributed by atoms with Crippen molar-refractivity contribution in [2.45, 2.75) is 32.4 Å². The van der Waals surface area contributed by atoms with Gasteiger partial charge in [-0.2, -0.15) is 0 Å². The summed E-state index contributed by atoms with van der Waals surface area (Å²) in [5.41, 5.74) is 1.10. The van der Waals surface area contributed by atoms with E-state index in [1.165, 1.54) is 4.90 Å². The van der Waals surface area contributed by atoms with Crippen molar-refractivity contribution < 1.29 is 19.4 Å². The van der Waals surface area contributed by atoms with Gasteiger partial charge in [-0.1, -0.05) is 36.4 Å². The molecule has 1 unspecified atom stereocenters. The van der Waals surface area contributed by atoms with E-state index in [1.54, 1.807) is 48.7 Å². The Kier molecular flexibility index (Phi) is 6.21. The van der Waals surface area contributed by atoms with Gasteiger partial charge < -0.3 is 14.7 Å². The summed E-state index contributed by atoms with van der Waals surface area (Å²) in [6, 6.07) is 13.4. The average molecular weight is 380 g/mol. The van der Waals surface area contributed by atoms with E-state index in [1.807, 2.05) is 19.9 Å². The van der Waals surface area contributed by atoms with Crippen molar-refractivity contribution in [2.24, 2.45) is 0 Å². The van der Waals surface area contributed by atoms with Crippen LogP contribution < -0.4 is 0 Å². The topological polar surface area (TPSA) is 79.7 Å². The van der Waals surface area contributed by atoms with Crippen molar-refractivity contribution in [3.8, 4) is 0 Å². The van der Waals surface area contributed by atoms with Crippen molar-refractivity contribution in [3.05, 3.63) is 71.6 Å². The van der Waals surface area contributed by atoms with Crippen molar-refractivity contribution in [2.75, 3.05) is 13.2 Å². The first-order valence-corrected chi connectivity index (χ1v) is 9.37. The Hall–Kier alpha value is -2.99. The molecule has 28 heavy (non-hydrogen) atoms. The number of likely N-dealkylation sites (tertiary alicyclic amines) is 1. The third-order valence-electron chi connectivity index (χ3n) is 4.55. The molecule has 1 saturated heterocycles. The molecule has 6 nitrogen and oxygen atoms in total. The monoisotopic (exact) mass is 380 g/mol. The molecule has 0 aliphatic carbocycles. The maximum Gasteiger partial charge on any atom is 0.295 e. The Bertz CT molecular complexity index is 863. The van der Waals surface area contributed by atoms with Gasteiger partial charge in [0.25, 0.3) is 11.7 Å². The summed E-state index contributed by atoms with van der Waals surface area (Å²) < 4.78 is 5.55. The largest absolute Gasteiger partial charge is 0.507 e. The lowest BCUT2D eigenvalue weighted by molar-refractivity contribution is -0.140. The van der Waals surface area contributed by atoms with Crippen LogP contribution in [0.3, 0.4) is 0 Å². The molecule has 1 fully saturated rings. The van der Waals surface area contributed by atoms with E-state index in [-0.39, 0.29) is 17.4 Å². The first kappa shape index (κ1) is 19.8. The number of carbonyl (C=O) groups excluding carboxylic acids is 2. The summed E-state index contributed by atoms with van der Waals surface area (Å²) in [7, 11) is 0. The number of ketones is 1. The molecule has 1 N–H and O–H groups in total. The van der Waals surface area contributed by atoms with Gasteiger partial charge >= 0.3 is 0 Å². The van der Waals surface area contributed by atoms with Crippen LogP contribution in [0.15, 0.2) is 60.3 Å². The van der Waals surface area contributed by atoms with Crippen LogP contribution >= 0.6 is 0 Å². The number of aliphatic hydroxyl groups is 1. The molecular weight excluding hydrogens is 356 g/mol. The number of Topliss-reactive ketones (excluding diaryl/α,β-unsaturated/α-hetero) is 1. The maximum absolute atomic E-state index is 12.8. The van der Waals surface area contributed by atoms with E-state index in [2.05, 4.69) is 4.98 Å². The van der Waals surface area contributed by atoms with Crippen molar-refractivity contribution in [3.63, 3.8) is 0 Å². The van der Waals surface area contributed by atoms with E-state index < -0.39 is 17.7 Å². The zero-order chi connectivity index (χ0) is 20.1.